The molecule has 2 amide bonds. The van der Waals surface area contributed by atoms with Crippen LogP contribution in [0.5, 0.6) is 11.5 Å². The summed E-state index contributed by atoms with van der Waals surface area (Å²) in [6.07, 6.45) is 0.876. The van der Waals surface area contributed by atoms with Crippen LogP contribution in [0.2, 0.25) is 10.0 Å². The highest BCUT2D eigenvalue weighted by Crippen LogP contribution is 2.33. The summed E-state index contributed by atoms with van der Waals surface area (Å²) >= 11 is 12.2. The van der Waals surface area contributed by atoms with E-state index in [1.54, 1.807) is 30.3 Å². The third-order valence-corrected chi connectivity index (χ3v) is 3.61. The van der Waals surface area contributed by atoms with Gasteiger partial charge in [-0.25, -0.2) is 4.79 Å². The molecule has 0 radical (unpaired) electrons. The van der Waals surface area contributed by atoms with E-state index in [1.807, 2.05) is 19.9 Å². The number of hydrogen-bond acceptors (Lipinski definition) is 2. The van der Waals surface area contributed by atoms with Crippen molar-refractivity contribution < 1.29 is 9.53 Å². The molecule has 23 heavy (non-hydrogen) atoms. The lowest BCUT2D eigenvalue weighted by Gasteiger charge is -2.12. The molecular formula is C17H18Cl2N2O2. The van der Waals surface area contributed by atoms with Gasteiger partial charge in [-0.1, -0.05) is 30.1 Å². The second kappa shape index (κ2) is 8.09. The van der Waals surface area contributed by atoms with Crippen molar-refractivity contribution in [3.05, 3.63) is 52.0 Å². The van der Waals surface area contributed by atoms with Crippen LogP contribution in [0.25, 0.3) is 0 Å². The normalized spacial score (nSPS) is 10.3. The van der Waals surface area contributed by atoms with E-state index in [2.05, 4.69) is 10.6 Å². The largest absolute Gasteiger partial charge is 0.456 e. The Labute approximate surface area is 145 Å². The summed E-state index contributed by atoms with van der Waals surface area (Å²) in [6, 6.07) is 10.2. The van der Waals surface area contributed by atoms with E-state index in [0.29, 0.717) is 33.8 Å². The number of anilines is 1. The third-order valence-electron chi connectivity index (χ3n) is 3.08. The predicted molar refractivity (Wildman–Crippen MR) is 95.0 cm³/mol. The van der Waals surface area contributed by atoms with Crippen LogP contribution in [0.1, 0.15) is 18.9 Å². The first-order valence-electron chi connectivity index (χ1n) is 7.28. The van der Waals surface area contributed by atoms with Crippen molar-refractivity contribution >= 4 is 34.9 Å². The topological polar surface area (TPSA) is 50.4 Å². The smallest absolute Gasteiger partial charge is 0.319 e. The zero-order valence-electron chi connectivity index (χ0n) is 13.0. The van der Waals surface area contributed by atoms with Crippen LogP contribution in [0, 0.1) is 6.92 Å². The summed E-state index contributed by atoms with van der Waals surface area (Å²) in [4.78, 5) is 11.6. The van der Waals surface area contributed by atoms with E-state index in [1.165, 1.54) is 0 Å². The van der Waals surface area contributed by atoms with Gasteiger partial charge in [0.05, 0.1) is 5.02 Å². The number of urea groups is 1. The van der Waals surface area contributed by atoms with E-state index < -0.39 is 0 Å². The number of rotatable bonds is 5. The highest BCUT2D eigenvalue weighted by atomic mass is 35.5. The summed E-state index contributed by atoms with van der Waals surface area (Å²) < 4.78 is 5.80. The molecule has 0 spiro atoms. The number of aryl methyl sites for hydroxylation is 1. The van der Waals surface area contributed by atoms with Gasteiger partial charge in [-0.05, 0) is 55.3 Å². The molecule has 122 valence electrons. The van der Waals surface area contributed by atoms with E-state index in [-0.39, 0.29) is 6.03 Å². The van der Waals surface area contributed by atoms with Crippen molar-refractivity contribution in [2.24, 2.45) is 0 Å². The van der Waals surface area contributed by atoms with Crippen LogP contribution in [-0.4, -0.2) is 12.6 Å². The van der Waals surface area contributed by atoms with E-state index in [9.17, 15) is 4.79 Å². The van der Waals surface area contributed by atoms with Crippen LogP contribution < -0.4 is 15.4 Å². The number of hydrogen-bond donors (Lipinski definition) is 2. The van der Waals surface area contributed by atoms with Crippen LogP contribution in [0.4, 0.5) is 10.5 Å². The van der Waals surface area contributed by atoms with Crippen molar-refractivity contribution in [3.8, 4) is 11.5 Å². The molecule has 0 aliphatic heterocycles. The summed E-state index contributed by atoms with van der Waals surface area (Å²) in [5.74, 6) is 1.19. The molecule has 0 fully saturated rings. The summed E-state index contributed by atoms with van der Waals surface area (Å²) in [6.45, 7) is 4.52. The minimum atomic E-state index is -0.259. The Kier molecular flexibility index (Phi) is 6.13. The van der Waals surface area contributed by atoms with Crippen LogP contribution in [0.3, 0.4) is 0 Å². The van der Waals surface area contributed by atoms with Gasteiger partial charge in [-0.2, -0.15) is 0 Å². The molecule has 0 aliphatic carbocycles. The average molecular weight is 353 g/mol. The quantitative estimate of drug-likeness (QED) is 0.732. The first-order chi connectivity index (χ1) is 11.0. The second-order valence-corrected chi connectivity index (χ2v) is 5.88. The van der Waals surface area contributed by atoms with E-state index >= 15 is 0 Å². The number of benzene rings is 2. The number of amides is 2. The Morgan fingerprint density at radius 1 is 1.13 bits per heavy atom. The van der Waals surface area contributed by atoms with Gasteiger partial charge in [0.25, 0.3) is 0 Å². The molecule has 0 aromatic heterocycles. The maximum absolute atomic E-state index is 11.6. The lowest BCUT2D eigenvalue weighted by molar-refractivity contribution is 0.252. The van der Waals surface area contributed by atoms with Crippen molar-refractivity contribution in [1.29, 1.82) is 0 Å². The zero-order valence-corrected chi connectivity index (χ0v) is 14.5. The lowest BCUT2D eigenvalue weighted by atomic mass is 10.2. The Bertz CT molecular complexity index is 705. The molecule has 2 N–H and O–H groups in total. The summed E-state index contributed by atoms with van der Waals surface area (Å²) in [5, 5.41) is 6.51. The standard InChI is InChI=1S/C17H18Cl2N2O2/c1-3-8-20-17(22)21-13-5-7-16(14(19)10-13)23-15-6-4-12(18)9-11(15)2/h4-7,9-10H,3,8H2,1-2H3,(H2,20,21,22). The van der Waals surface area contributed by atoms with Crippen LogP contribution in [-0.2, 0) is 0 Å². The monoisotopic (exact) mass is 352 g/mol. The molecule has 4 nitrogen and oxygen atoms in total. The van der Waals surface area contributed by atoms with Gasteiger partial charge in [-0.15, -0.1) is 0 Å². The number of halogens is 2. The molecular weight excluding hydrogens is 335 g/mol. The van der Waals surface area contributed by atoms with Gasteiger partial charge in [0.2, 0.25) is 0 Å². The van der Waals surface area contributed by atoms with E-state index in [0.717, 1.165) is 12.0 Å². The molecule has 2 aromatic rings. The predicted octanol–water partition coefficient (Wildman–Crippen LogP) is 5.63. The van der Waals surface area contributed by atoms with Gasteiger partial charge in [0.1, 0.15) is 11.5 Å². The fourth-order valence-electron chi connectivity index (χ4n) is 1.92. The molecule has 0 saturated heterocycles. The SMILES string of the molecule is CCCNC(=O)Nc1ccc(Oc2ccc(Cl)cc2C)c(Cl)c1. The molecule has 0 atom stereocenters. The first kappa shape index (κ1) is 17.4. The number of ether oxygens (including phenoxy) is 1. The van der Waals surface area contributed by atoms with Gasteiger partial charge in [0.15, 0.2) is 0 Å². The number of carbonyl (C=O) groups is 1. The minimum absolute atomic E-state index is 0.259. The van der Waals surface area contributed by atoms with Crippen molar-refractivity contribution in [1.82, 2.24) is 5.32 Å². The summed E-state index contributed by atoms with van der Waals surface area (Å²) in [7, 11) is 0. The maximum Gasteiger partial charge on any atom is 0.319 e. The molecule has 2 aromatic carbocycles. The van der Waals surface area contributed by atoms with Gasteiger partial charge >= 0.3 is 6.03 Å². The molecule has 0 heterocycles. The Balaban J connectivity index is 2.08. The fourth-order valence-corrected chi connectivity index (χ4v) is 2.37. The Morgan fingerprint density at radius 2 is 1.87 bits per heavy atom. The highest BCUT2D eigenvalue weighted by molar-refractivity contribution is 6.32. The highest BCUT2D eigenvalue weighted by Gasteiger charge is 2.08. The second-order valence-electron chi connectivity index (χ2n) is 5.04. The fraction of sp³-hybridized carbons (Fsp3) is 0.235. The van der Waals surface area contributed by atoms with Gasteiger partial charge < -0.3 is 15.4 Å². The average Bonchev–Trinajstić information content (AvgIpc) is 2.50. The zero-order chi connectivity index (χ0) is 16.8. The summed E-state index contributed by atoms with van der Waals surface area (Å²) in [5.41, 5.74) is 1.51. The first-order valence-corrected chi connectivity index (χ1v) is 8.03. The van der Waals surface area contributed by atoms with Gasteiger partial charge in [-0.3, -0.25) is 0 Å². The molecule has 0 saturated carbocycles. The van der Waals surface area contributed by atoms with Crippen LogP contribution in [0.15, 0.2) is 36.4 Å². The molecule has 0 aliphatic rings. The molecule has 2 rings (SSSR count). The van der Waals surface area contributed by atoms with E-state index in [4.69, 9.17) is 27.9 Å². The third kappa shape index (κ3) is 5.05. The van der Waals surface area contributed by atoms with Gasteiger partial charge in [0, 0.05) is 17.3 Å². The Hall–Kier alpha value is -1.91. The van der Waals surface area contributed by atoms with Crippen molar-refractivity contribution in [2.45, 2.75) is 20.3 Å². The lowest BCUT2D eigenvalue weighted by Crippen LogP contribution is -2.29. The Morgan fingerprint density at radius 3 is 2.52 bits per heavy atom. The molecule has 0 unspecified atom stereocenters. The van der Waals surface area contributed by atoms with Crippen molar-refractivity contribution in [3.63, 3.8) is 0 Å². The number of nitrogens with one attached hydrogen (secondary N) is 2. The molecule has 6 heteroatoms. The minimum Gasteiger partial charge on any atom is -0.456 e. The van der Waals surface area contributed by atoms with Crippen molar-refractivity contribution in [2.75, 3.05) is 11.9 Å². The van der Waals surface area contributed by atoms with Crippen LogP contribution >= 0.6 is 23.2 Å². The maximum atomic E-state index is 11.6. The number of carbonyl (C=O) groups excluding carboxylic acids is 1. The molecule has 0 bridgehead atoms.